The van der Waals surface area contributed by atoms with Gasteiger partial charge < -0.3 is 24.9 Å². The molecule has 0 bridgehead atoms. The summed E-state index contributed by atoms with van der Waals surface area (Å²) in [6, 6.07) is 5.09. The van der Waals surface area contributed by atoms with Crippen molar-refractivity contribution in [2.24, 2.45) is 0 Å². The largest absolute Gasteiger partial charge is 0.508 e. The van der Waals surface area contributed by atoms with Gasteiger partial charge in [0.2, 0.25) is 11.8 Å². The van der Waals surface area contributed by atoms with Crippen LogP contribution in [0, 0.1) is 0 Å². The summed E-state index contributed by atoms with van der Waals surface area (Å²) in [6.45, 7) is 0.716. The summed E-state index contributed by atoms with van der Waals surface area (Å²) in [5, 5.41) is 15.5. The van der Waals surface area contributed by atoms with E-state index in [9.17, 15) is 24.3 Å². The second kappa shape index (κ2) is 9.22. The number of cyclic esters (lactones) is 1. The summed E-state index contributed by atoms with van der Waals surface area (Å²) in [5.41, 5.74) is 0.136. The summed E-state index contributed by atoms with van der Waals surface area (Å²) in [6.07, 6.45) is 1.91. The van der Waals surface area contributed by atoms with E-state index in [0.717, 1.165) is 0 Å². The Morgan fingerprint density at radius 2 is 1.97 bits per heavy atom. The maximum absolute atomic E-state index is 12.2. The van der Waals surface area contributed by atoms with Crippen molar-refractivity contribution in [2.75, 3.05) is 13.2 Å². The number of nitrogens with one attached hydrogen (secondary N) is 2. The van der Waals surface area contributed by atoms with Gasteiger partial charge in [-0.2, -0.15) is 0 Å². The fourth-order valence-electron chi connectivity index (χ4n) is 3.13. The molecule has 0 saturated carbocycles. The predicted molar refractivity (Wildman–Crippen MR) is 102 cm³/mol. The van der Waals surface area contributed by atoms with Crippen LogP contribution in [0.25, 0.3) is 11.0 Å². The van der Waals surface area contributed by atoms with Crippen LogP contribution in [0.2, 0.25) is 0 Å². The number of aromatic hydroxyl groups is 1. The van der Waals surface area contributed by atoms with Gasteiger partial charge in [0.25, 0.3) is 0 Å². The number of phenols is 1. The summed E-state index contributed by atoms with van der Waals surface area (Å²) in [5.74, 6) is -0.909. The lowest BCUT2D eigenvalue weighted by molar-refractivity contribution is -0.141. The minimum Gasteiger partial charge on any atom is -0.508 e. The van der Waals surface area contributed by atoms with Crippen LogP contribution in [-0.4, -0.2) is 42.1 Å². The summed E-state index contributed by atoms with van der Waals surface area (Å²) < 4.78 is 9.83. The average Bonchev–Trinajstić information content (AvgIpc) is 3.05. The number of amides is 2. The first-order valence-electron chi connectivity index (χ1n) is 9.41. The third-order valence-corrected chi connectivity index (χ3v) is 4.59. The zero-order valence-electron chi connectivity index (χ0n) is 15.7. The lowest BCUT2D eigenvalue weighted by Crippen LogP contribution is -2.37. The zero-order valence-corrected chi connectivity index (χ0v) is 15.7. The molecular formula is C20H22N2O7. The topological polar surface area (TPSA) is 135 Å². The molecule has 1 aliphatic heterocycles. The van der Waals surface area contributed by atoms with Gasteiger partial charge in [0.1, 0.15) is 17.4 Å². The summed E-state index contributed by atoms with van der Waals surface area (Å²) in [7, 11) is 0. The number of fused-ring (bicyclic) bond motifs is 1. The number of carbonyl (C=O) groups excluding carboxylic acids is 3. The van der Waals surface area contributed by atoms with Crippen LogP contribution < -0.4 is 16.3 Å². The van der Waals surface area contributed by atoms with Crippen molar-refractivity contribution < 1.29 is 28.6 Å². The van der Waals surface area contributed by atoms with Crippen LogP contribution in [0.1, 0.15) is 31.2 Å². The van der Waals surface area contributed by atoms with E-state index in [0.29, 0.717) is 43.4 Å². The first-order chi connectivity index (χ1) is 13.9. The minimum absolute atomic E-state index is 0.00282. The van der Waals surface area contributed by atoms with Gasteiger partial charge in [0.05, 0.1) is 13.0 Å². The average molecular weight is 402 g/mol. The lowest BCUT2D eigenvalue weighted by atomic mass is 10.1. The SMILES string of the molecule is O=C(Cc1cc(=O)oc2cc(O)ccc12)NCCCCC(=O)N[C@H]1CCOC1=O. The second-order valence-electron chi connectivity index (χ2n) is 6.83. The van der Waals surface area contributed by atoms with Crippen molar-refractivity contribution in [3.8, 4) is 5.75 Å². The highest BCUT2D eigenvalue weighted by Crippen LogP contribution is 2.22. The fourth-order valence-corrected chi connectivity index (χ4v) is 3.13. The highest BCUT2D eigenvalue weighted by molar-refractivity contribution is 5.87. The van der Waals surface area contributed by atoms with Gasteiger partial charge in [-0.15, -0.1) is 0 Å². The molecule has 0 radical (unpaired) electrons. The van der Waals surface area contributed by atoms with Crippen LogP contribution in [0.15, 0.2) is 33.5 Å². The molecule has 1 fully saturated rings. The number of ether oxygens (including phenoxy) is 1. The number of unbranched alkanes of at least 4 members (excludes halogenated alkanes) is 1. The van der Waals surface area contributed by atoms with Crippen molar-refractivity contribution in [2.45, 2.75) is 38.1 Å². The third kappa shape index (κ3) is 5.56. The Hall–Kier alpha value is -3.36. The van der Waals surface area contributed by atoms with Crippen LogP contribution in [-0.2, 0) is 25.5 Å². The molecule has 2 aromatic rings. The molecule has 9 nitrogen and oxygen atoms in total. The number of rotatable bonds is 8. The van der Waals surface area contributed by atoms with Crippen molar-refractivity contribution in [1.82, 2.24) is 10.6 Å². The number of benzene rings is 1. The summed E-state index contributed by atoms with van der Waals surface area (Å²) in [4.78, 5) is 46.9. The van der Waals surface area contributed by atoms with E-state index in [1.54, 1.807) is 6.07 Å². The molecule has 1 aliphatic rings. The number of phenolic OH excluding ortho intramolecular Hbond substituents is 1. The van der Waals surface area contributed by atoms with Crippen LogP contribution in [0.3, 0.4) is 0 Å². The molecule has 0 unspecified atom stereocenters. The number of hydrogen-bond donors (Lipinski definition) is 3. The van der Waals surface area contributed by atoms with E-state index in [2.05, 4.69) is 10.6 Å². The lowest BCUT2D eigenvalue weighted by Gasteiger charge is -2.09. The van der Waals surface area contributed by atoms with E-state index in [-0.39, 0.29) is 36.0 Å². The van der Waals surface area contributed by atoms with Crippen molar-refractivity contribution >= 4 is 28.8 Å². The Morgan fingerprint density at radius 1 is 1.14 bits per heavy atom. The molecule has 2 amide bonds. The Kier molecular flexibility index (Phi) is 6.48. The zero-order chi connectivity index (χ0) is 20.8. The first kappa shape index (κ1) is 20.4. The number of esters is 1. The molecule has 2 heterocycles. The Labute approximate surface area is 166 Å². The van der Waals surface area contributed by atoms with Crippen LogP contribution in [0.4, 0.5) is 0 Å². The smallest absolute Gasteiger partial charge is 0.336 e. The monoisotopic (exact) mass is 402 g/mol. The molecule has 1 atom stereocenters. The molecular weight excluding hydrogens is 380 g/mol. The van der Waals surface area contributed by atoms with Crippen LogP contribution in [0.5, 0.6) is 5.75 Å². The standard InChI is InChI=1S/C20H22N2O7/c23-13-4-5-14-12(10-19(26)29-16(14)11-13)9-18(25)21-7-2-1-3-17(24)22-15-6-8-28-20(15)27/h4-5,10-11,15,23H,1-3,6-9H2,(H,21,25)(H,22,24)/t15-/m0/s1. The van der Waals surface area contributed by atoms with Gasteiger partial charge >= 0.3 is 11.6 Å². The molecule has 154 valence electrons. The van der Waals surface area contributed by atoms with Crippen molar-refractivity contribution in [3.63, 3.8) is 0 Å². The Bertz CT molecular complexity index is 982. The molecule has 3 N–H and O–H groups in total. The van der Waals surface area contributed by atoms with Gasteiger partial charge in [-0.3, -0.25) is 9.59 Å². The molecule has 9 heteroatoms. The maximum atomic E-state index is 12.2. The Balaban J connectivity index is 1.41. The molecule has 3 rings (SSSR count). The normalized spacial score (nSPS) is 15.9. The minimum atomic E-state index is -0.594. The molecule has 29 heavy (non-hydrogen) atoms. The Morgan fingerprint density at radius 3 is 2.72 bits per heavy atom. The van der Waals surface area contributed by atoms with Gasteiger partial charge in [0.15, 0.2) is 0 Å². The molecule has 1 saturated heterocycles. The van der Waals surface area contributed by atoms with E-state index in [1.165, 1.54) is 18.2 Å². The van der Waals surface area contributed by atoms with Crippen molar-refractivity contribution in [1.29, 1.82) is 0 Å². The van der Waals surface area contributed by atoms with Gasteiger partial charge in [-0.25, -0.2) is 9.59 Å². The highest BCUT2D eigenvalue weighted by atomic mass is 16.5. The van der Waals surface area contributed by atoms with E-state index >= 15 is 0 Å². The third-order valence-electron chi connectivity index (χ3n) is 4.59. The highest BCUT2D eigenvalue weighted by Gasteiger charge is 2.27. The number of carbonyl (C=O) groups is 3. The quantitative estimate of drug-likeness (QED) is 0.337. The maximum Gasteiger partial charge on any atom is 0.336 e. The molecule has 1 aromatic carbocycles. The predicted octanol–water partition coefficient (Wildman–Crippen LogP) is 0.759. The number of hydrogen-bond acceptors (Lipinski definition) is 7. The van der Waals surface area contributed by atoms with Gasteiger partial charge in [-0.1, -0.05) is 0 Å². The van der Waals surface area contributed by atoms with Crippen molar-refractivity contribution in [3.05, 3.63) is 40.2 Å². The van der Waals surface area contributed by atoms with E-state index in [4.69, 9.17) is 9.15 Å². The molecule has 0 spiro atoms. The second-order valence-corrected chi connectivity index (χ2v) is 6.83. The molecule has 0 aliphatic carbocycles. The fraction of sp³-hybridized carbons (Fsp3) is 0.400. The molecule has 1 aromatic heterocycles. The first-order valence-corrected chi connectivity index (χ1v) is 9.41. The summed E-state index contributed by atoms with van der Waals surface area (Å²) >= 11 is 0. The van der Waals surface area contributed by atoms with Gasteiger partial charge in [0, 0.05) is 36.9 Å². The van der Waals surface area contributed by atoms with E-state index in [1.807, 2.05) is 0 Å². The van der Waals surface area contributed by atoms with Gasteiger partial charge in [-0.05, 0) is 30.5 Å². The van der Waals surface area contributed by atoms with Crippen LogP contribution >= 0.6 is 0 Å². The van der Waals surface area contributed by atoms with E-state index < -0.39 is 17.6 Å².